The van der Waals surface area contributed by atoms with Gasteiger partial charge in [0.1, 0.15) is 0 Å². The van der Waals surface area contributed by atoms with Crippen molar-refractivity contribution >= 4 is 23.3 Å². The number of carbonyl (C=O) groups excluding carboxylic acids is 2. The van der Waals surface area contributed by atoms with Crippen LogP contribution in [0.15, 0.2) is 24.3 Å². The van der Waals surface area contributed by atoms with Crippen LogP contribution >= 0.6 is 0 Å². The van der Waals surface area contributed by atoms with Gasteiger partial charge in [-0.25, -0.2) is 4.79 Å². The highest BCUT2D eigenvalue weighted by Gasteiger charge is 2.17. The standard InChI is InChI=1S/C16H23N3O2/c1-12(20)19(2)15-11-7-6-10-14(15)18-16(21)17-13-8-4-3-5-9-13/h6-7,10-11,13H,3-5,8-9H2,1-2H3,(H2,17,18,21). The van der Waals surface area contributed by atoms with Crippen LogP contribution in [0.5, 0.6) is 0 Å². The number of hydrogen-bond donors (Lipinski definition) is 2. The van der Waals surface area contributed by atoms with Gasteiger partial charge in [0.15, 0.2) is 0 Å². The van der Waals surface area contributed by atoms with Gasteiger partial charge in [0.05, 0.1) is 11.4 Å². The van der Waals surface area contributed by atoms with E-state index in [9.17, 15) is 9.59 Å². The number of urea groups is 1. The Balaban J connectivity index is 2.01. The van der Waals surface area contributed by atoms with E-state index in [0.717, 1.165) is 12.8 Å². The van der Waals surface area contributed by atoms with E-state index in [4.69, 9.17) is 0 Å². The molecule has 1 aliphatic carbocycles. The Morgan fingerprint density at radius 3 is 2.48 bits per heavy atom. The summed E-state index contributed by atoms with van der Waals surface area (Å²) in [6.45, 7) is 1.50. The molecule has 2 N–H and O–H groups in total. The van der Waals surface area contributed by atoms with Gasteiger partial charge in [0.25, 0.3) is 0 Å². The fourth-order valence-corrected chi connectivity index (χ4v) is 2.63. The number of rotatable bonds is 3. The lowest BCUT2D eigenvalue weighted by atomic mass is 9.96. The topological polar surface area (TPSA) is 61.4 Å². The van der Waals surface area contributed by atoms with E-state index in [1.165, 1.54) is 31.1 Å². The first-order valence-corrected chi connectivity index (χ1v) is 7.49. The molecule has 0 spiro atoms. The second kappa shape index (κ2) is 7.11. The predicted molar refractivity (Wildman–Crippen MR) is 84.6 cm³/mol. The third-order valence-corrected chi connectivity index (χ3v) is 3.93. The molecule has 1 aromatic carbocycles. The van der Waals surface area contributed by atoms with Crippen LogP contribution < -0.4 is 15.5 Å². The van der Waals surface area contributed by atoms with Crippen LogP contribution in [-0.4, -0.2) is 25.0 Å². The number of benzene rings is 1. The van der Waals surface area contributed by atoms with Gasteiger partial charge in [-0.2, -0.15) is 0 Å². The number of carbonyl (C=O) groups is 2. The number of amides is 3. The van der Waals surface area contributed by atoms with Crippen LogP contribution in [0.2, 0.25) is 0 Å². The zero-order chi connectivity index (χ0) is 15.2. The van der Waals surface area contributed by atoms with Gasteiger partial charge in [-0.05, 0) is 25.0 Å². The van der Waals surface area contributed by atoms with E-state index in [1.807, 2.05) is 18.2 Å². The molecule has 2 rings (SSSR count). The molecule has 5 heteroatoms. The summed E-state index contributed by atoms with van der Waals surface area (Å²) in [7, 11) is 1.70. The molecule has 1 aliphatic rings. The Labute approximate surface area is 125 Å². The molecule has 1 fully saturated rings. The second-order valence-corrected chi connectivity index (χ2v) is 5.53. The molecule has 0 saturated heterocycles. The van der Waals surface area contributed by atoms with Crippen molar-refractivity contribution < 1.29 is 9.59 Å². The Bertz CT molecular complexity index is 510. The maximum atomic E-state index is 12.1. The molecule has 0 bridgehead atoms. The minimum absolute atomic E-state index is 0.0723. The molecule has 5 nitrogen and oxygen atoms in total. The number of anilines is 2. The number of nitrogens with one attached hydrogen (secondary N) is 2. The molecule has 0 radical (unpaired) electrons. The van der Waals surface area contributed by atoms with Crippen molar-refractivity contribution in [2.24, 2.45) is 0 Å². The lowest BCUT2D eigenvalue weighted by Crippen LogP contribution is -2.39. The monoisotopic (exact) mass is 289 g/mol. The van der Waals surface area contributed by atoms with Crippen LogP contribution in [0.1, 0.15) is 39.0 Å². The van der Waals surface area contributed by atoms with E-state index in [2.05, 4.69) is 10.6 Å². The first-order chi connectivity index (χ1) is 10.1. The van der Waals surface area contributed by atoms with Crippen molar-refractivity contribution in [3.8, 4) is 0 Å². The third kappa shape index (κ3) is 4.21. The average molecular weight is 289 g/mol. The summed E-state index contributed by atoms with van der Waals surface area (Å²) in [4.78, 5) is 25.1. The maximum absolute atomic E-state index is 12.1. The SMILES string of the molecule is CC(=O)N(C)c1ccccc1NC(=O)NC1CCCCC1. The van der Waals surface area contributed by atoms with Gasteiger partial charge >= 0.3 is 6.03 Å². The predicted octanol–water partition coefficient (Wildman–Crippen LogP) is 3.12. The second-order valence-electron chi connectivity index (χ2n) is 5.53. The largest absolute Gasteiger partial charge is 0.335 e. The quantitative estimate of drug-likeness (QED) is 0.898. The van der Waals surface area contributed by atoms with E-state index >= 15 is 0 Å². The van der Waals surface area contributed by atoms with Gasteiger partial charge in [-0.15, -0.1) is 0 Å². The molecule has 3 amide bonds. The average Bonchev–Trinajstić information content (AvgIpc) is 2.48. The van der Waals surface area contributed by atoms with Crippen molar-refractivity contribution in [1.82, 2.24) is 5.32 Å². The van der Waals surface area contributed by atoms with Gasteiger partial charge in [-0.1, -0.05) is 31.4 Å². The molecule has 0 aromatic heterocycles. The summed E-state index contributed by atoms with van der Waals surface area (Å²) in [6, 6.07) is 7.36. The Morgan fingerprint density at radius 1 is 1.14 bits per heavy atom. The van der Waals surface area contributed by atoms with Crippen LogP contribution in [0.3, 0.4) is 0 Å². The molecule has 0 atom stereocenters. The first kappa shape index (κ1) is 15.4. The zero-order valence-corrected chi connectivity index (χ0v) is 12.7. The molecule has 1 saturated carbocycles. The number of para-hydroxylation sites is 2. The van der Waals surface area contributed by atoms with Crippen LogP contribution in [0, 0.1) is 0 Å². The van der Waals surface area contributed by atoms with Crippen molar-refractivity contribution in [2.75, 3.05) is 17.3 Å². The van der Waals surface area contributed by atoms with Gasteiger partial charge < -0.3 is 15.5 Å². The first-order valence-electron chi connectivity index (χ1n) is 7.49. The number of nitrogens with zero attached hydrogens (tertiary/aromatic N) is 1. The maximum Gasteiger partial charge on any atom is 0.319 e. The molecule has 0 aliphatic heterocycles. The summed E-state index contributed by atoms with van der Waals surface area (Å²) >= 11 is 0. The third-order valence-electron chi connectivity index (χ3n) is 3.93. The van der Waals surface area contributed by atoms with Crippen LogP contribution in [0.4, 0.5) is 16.2 Å². The molecule has 114 valence electrons. The molecule has 21 heavy (non-hydrogen) atoms. The normalized spacial score (nSPS) is 15.3. The van der Waals surface area contributed by atoms with Crippen molar-refractivity contribution in [2.45, 2.75) is 45.1 Å². The summed E-state index contributed by atoms with van der Waals surface area (Å²) in [6.07, 6.45) is 5.69. The highest BCUT2D eigenvalue weighted by molar-refractivity contribution is 5.99. The summed E-state index contributed by atoms with van der Waals surface area (Å²) in [5, 5.41) is 5.86. The van der Waals surface area contributed by atoms with Crippen LogP contribution in [0.25, 0.3) is 0 Å². The summed E-state index contributed by atoms with van der Waals surface area (Å²) in [5.74, 6) is -0.0723. The highest BCUT2D eigenvalue weighted by atomic mass is 16.2. The minimum atomic E-state index is -0.202. The minimum Gasteiger partial charge on any atom is -0.335 e. The van der Waals surface area contributed by atoms with E-state index in [-0.39, 0.29) is 18.0 Å². The number of hydrogen-bond acceptors (Lipinski definition) is 2. The van der Waals surface area contributed by atoms with Crippen LogP contribution in [-0.2, 0) is 4.79 Å². The van der Waals surface area contributed by atoms with Crippen molar-refractivity contribution in [1.29, 1.82) is 0 Å². The molecular weight excluding hydrogens is 266 g/mol. The van der Waals surface area contributed by atoms with Gasteiger partial charge in [0, 0.05) is 20.0 Å². The highest BCUT2D eigenvalue weighted by Crippen LogP contribution is 2.25. The van der Waals surface area contributed by atoms with E-state index in [1.54, 1.807) is 13.1 Å². The molecule has 0 unspecified atom stereocenters. The Hall–Kier alpha value is -2.04. The van der Waals surface area contributed by atoms with E-state index < -0.39 is 0 Å². The Morgan fingerprint density at radius 2 is 1.81 bits per heavy atom. The van der Waals surface area contributed by atoms with Crippen molar-refractivity contribution in [3.63, 3.8) is 0 Å². The fraction of sp³-hybridized carbons (Fsp3) is 0.500. The molecule has 1 aromatic rings. The lowest BCUT2D eigenvalue weighted by Gasteiger charge is -2.24. The smallest absolute Gasteiger partial charge is 0.319 e. The molecule has 0 heterocycles. The summed E-state index contributed by atoms with van der Waals surface area (Å²) < 4.78 is 0. The lowest BCUT2D eigenvalue weighted by molar-refractivity contribution is -0.116. The molecular formula is C16H23N3O2. The summed E-state index contributed by atoms with van der Waals surface area (Å²) in [5.41, 5.74) is 1.34. The fourth-order valence-electron chi connectivity index (χ4n) is 2.63. The van der Waals surface area contributed by atoms with E-state index in [0.29, 0.717) is 11.4 Å². The van der Waals surface area contributed by atoms with Gasteiger partial charge in [-0.3, -0.25) is 4.79 Å². The zero-order valence-electron chi connectivity index (χ0n) is 12.7. The van der Waals surface area contributed by atoms with Crippen molar-refractivity contribution in [3.05, 3.63) is 24.3 Å². The Kier molecular flexibility index (Phi) is 5.20. The van der Waals surface area contributed by atoms with Gasteiger partial charge in [0.2, 0.25) is 5.91 Å².